The molecule has 0 amide bonds. The van der Waals surface area contributed by atoms with Crippen LogP contribution in [0, 0.1) is 29.4 Å². The maximum Gasteiger partial charge on any atom is 0.308 e. The summed E-state index contributed by atoms with van der Waals surface area (Å²) < 4.78 is 34.4. The molecule has 9 heteroatoms. The number of halogens is 2. The van der Waals surface area contributed by atoms with Gasteiger partial charge in [0.15, 0.2) is 5.82 Å². The van der Waals surface area contributed by atoms with Crippen molar-refractivity contribution in [1.82, 2.24) is 15.0 Å². The average molecular weight is 491 g/mol. The molecule has 2 bridgehead atoms. The molecule has 0 aliphatic heterocycles. The first kappa shape index (κ1) is 22.5. The van der Waals surface area contributed by atoms with Gasteiger partial charge in [0.1, 0.15) is 23.2 Å². The molecule has 3 aliphatic rings. The van der Waals surface area contributed by atoms with Gasteiger partial charge in [0.25, 0.3) is 0 Å². The Bertz CT molecular complexity index is 1430. The lowest BCUT2D eigenvalue weighted by Crippen LogP contribution is -2.51. The van der Waals surface area contributed by atoms with Gasteiger partial charge in [0, 0.05) is 35.3 Å². The maximum atomic E-state index is 14.3. The number of carboxylic acid groups (broad SMARTS) is 1. The Labute approximate surface area is 205 Å². The van der Waals surface area contributed by atoms with Gasteiger partial charge in [-0.1, -0.05) is 18.2 Å². The second-order valence-corrected chi connectivity index (χ2v) is 9.55. The Hall–Kier alpha value is -4.01. The highest BCUT2D eigenvalue weighted by Crippen LogP contribution is 2.46. The van der Waals surface area contributed by atoms with Crippen molar-refractivity contribution in [2.24, 2.45) is 17.8 Å². The van der Waals surface area contributed by atoms with E-state index < -0.39 is 23.5 Å². The maximum absolute atomic E-state index is 14.3. The molecule has 7 rings (SSSR count). The van der Waals surface area contributed by atoms with Crippen LogP contribution in [0.15, 0.2) is 54.7 Å². The number of rotatable bonds is 6. The molecule has 3 aliphatic carbocycles. The number of fused-ring (bicyclic) bond motifs is 4. The molecule has 2 heterocycles. The first-order chi connectivity index (χ1) is 17.5. The summed E-state index contributed by atoms with van der Waals surface area (Å²) in [5, 5.41) is 13.6. The van der Waals surface area contributed by atoms with Crippen molar-refractivity contribution in [2.75, 3.05) is 5.32 Å². The smallest absolute Gasteiger partial charge is 0.308 e. The SMILES string of the molecule is O=C(O)[C@H]1C2CCC(CC2)[C@@H]1Nc1cc(Oc2ccccc2)nc(-c2c[nH]c3c(F)cc(F)cc23)n1. The number of nitrogens with zero attached hydrogens (tertiary/aromatic N) is 2. The van der Waals surface area contributed by atoms with E-state index in [0.29, 0.717) is 22.5 Å². The molecule has 7 nitrogen and oxygen atoms in total. The van der Waals surface area contributed by atoms with Crippen LogP contribution in [-0.2, 0) is 4.79 Å². The number of para-hydroxylation sites is 1. The molecule has 2 atom stereocenters. The normalized spacial score (nSPS) is 23.1. The molecule has 0 saturated heterocycles. The fourth-order valence-electron chi connectivity index (χ4n) is 5.80. The minimum Gasteiger partial charge on any atom is -0.481 e. The monoisotopic (exact) mass is 490 g/mol. The molecule has 3 N–H and O–H groups in total. The number of hydrogen-bond acceptors (Lipinski definition) is 5. The van der Waals surface area contributed by atoms with Crippen LogP contribution in [0.25, 0.3) is 22.3 Å². The second-order valence-electron chi connectivity index (χ2n) is 9.55. The molecule has 2 aromatic carbocycles. The predicted octanol–water partition coefficient (Wildman–Crippen LogP) is 6.00. The highest BCUT2D eigenvalue weighted by atomic mass is 19.1. The van der Waals surface area contributed by atoms with E-state index in [2.05, 4.69) is 20.3 Å². The standard InChI is InChI=1S/C27H24F2N4O3/c28-16-10-18-19(13-30-25(18)20(29)11-16)26-32-21(12-22(33-26)36-17-4-2-1-3-5-17)31-24-15-8-6-14(7-9-15)23(24)27(34)35/h1-5,10-15,23-24,30H,6-9H2,(H,34,35)(H,31,32,33)/t14?,15?,23-,24-/m0/s1. The summed E-state index contributed by atoms with van der Waals surface area (Å²) in [6, 6.07) is 12.5. The van der Waals surface area contributed by atoms with Crippen LogP contribution in [-0.4, -0.2) is 32.1 Å². The number of hydrogen-bond donors (Lipinski definition) is 3. The van der Waals surface area contributed by atoms with Crippen LogP contribution >= 0.6 is 0 Å². The van der Waals surface area contributed by atoms with E-state index in [1.807, 2.05) is 18.2 Å². The zero-order valence-corrected chi connectivity index (χ0v) is 19.2. The number of aliphatic carboxylic acids is 1. The lowest BCUT2D eigenvalue weighted by atomic mass is 9.61. The number of benzene rings is 2. The van der Waals surface area contributed by atoms with Gasteiger partial charge < -0.3 is 20.1 Å². The van der Waals surface area contributed by atoms with Crippen molar-refractivity contribution < 1.29 is 23.4 Å². The minimum absolute atomic E-state index is 0.130. The molecule has 0 unspecified atom stereocenters. The highest BCUT2D eigenvalue weighted by Gasteiger charge is 2.47. The molecule has 184 valence electrons. The molecular formula is C27H24F2N4O3. The molecule has 4 aromatic rings. The minimum atomic E-state index is -0.806. The van der Waals surface area contributed by atoms with Gasteiger partial charge in [0.05, 0.1) is 11.4 Å². The molecule has 0 spiro atoms. The largest absolute Gasteiger partial charge is 0.481 e. The lowest BCUT2D eigenvalue weighted by molar-refractivity contribution is -0.148. The first-order valence-corrected chi connectivity index (χ1v) is 12.0. The van der Waals surface area contributed by atoms with Crippen LogP contribution in [0.5, 0.6) is 11.6 Å². The summed E-state index contributed by atoms with van der Waals surface area (Å²) >= 11 is 0. The van der Waals surface area contributed by atoms with E-state index in [-0.39, 0.29) is 35.1 Å². The third kappa shape index (κ3) is 4.04. The molecule has 0 radical (unpaired) electrons. The number of carboxylic acids is 1. The van der Waals surface area contributed by atoms with Gasteiger partial charge in [-0.3, -0.25) is 4.79 Å². The number of nitrogens with one attached hydrogen (secondary N) is 2. The number of carbonyl (C=O) groups is 1. The van der Waals surface area contributed by atoms with Crippen LogP contribution < -0.4 is 10.1 Å². The van der Waals surface area contributed by atoms with Gasteiger partial charge in [-0.05, 0) is 55.7 Å². The van der Waals surface area contributed by atoms with Crippen molar-refractivity contribution in [1.29, 1.82) is 0 Å². The fourth-order valence-corrected chi connectivity index (χ4v) is 5.80. The van der Waals surface area contributed by atoms with E-state index in [4.69, 9.17) is 4.74 Å². The topological polar surface area (TPSA) is 100 Å². The number of ether oxygens (including phenoxy) is 1. The molecule has 36 heavy (non-hydrogen) atoms. The Morgan fingerprint density at radius 1 is 1.03 bits per heavy atom. The van der Waals surface area contributed by atoms with Crippen molar-refractivity contribution in [3.05, 3.63) is 66.4 Å². The summed E-state index contributed by atoms with van der Waals surface area (Å²) in [5.74, 6) is -0.986. The Morgan fingerprint density at radius 3 is 2.53 bits per heavy atom. The van der Waals surface area contributed by atoms with E-state index in [1.54, 1.807) is 18.2 Å². The van der Waals surface area contributed by atoms with Crippen LogP contribution in [0.2, 0.25) is 0 Å². The molecule has 3 saturated carbocycles. The Kier molecular flexibility index (Phi) is 5.55. The zero-order valence-electron chi connectivity index (χ0n) is 19.2. The van der Waals surface area contributed by atoms with Gasteiger partial charge >= 0.3 is 5.97 Å². The molecule has 3 fully saturated rings. The summed E-state index contributed by atoms with van der Waals surface area (Å²) in [7, 11) is 0. The van der Waals surface area contributed by atoms with Crippen LogP contribution in [0.4, 0.5) is 14.6 Å². The summed E-state index contributed by atoms with van der Waals surface area (Å²) in [6.45, 7) is 0. The number of aromatic amines is 1. The average Bonchev–Trinajstić information content (AvgIpc) is 3.29. The number of H-pyrrole nitrogens is 1. The summed E-state index contributed by atoms with van der Waals surface area (Å²) in [4.78, 5) is 24.1. The van der Waals surface area contributed by atoms with Crippen molar-refractivity contribution in [3.63, 3.8) is 0 Å². The van der Waals surface area contributed by atoms with E-state index >= 15 is 0 Å². The molecule has 2 aromatic heterocycles. The van der Waals surface area contributed by atoms with Crippen molar-refractivity contribution >= 4 is 22.7 Å². The fraction of sp³-hybridized carbons (Fsp3) is 0.296. The van der Waals surface area contributed by atoms with E-state index in [1.165, 1.54) is 12.3 Å². The third-order valence-corrected chi connectivity index (χ3v) is 7.43. The Morgan fingerprint density at radius 2 is 1.78 bits per heavy atom. The van der Waals surface area contributed by atoms with Crippen LogP contribution in [0.1, 0.15) is 25.7 Å². The highest BCUT2D eigenvalue weighted by molar-refractivity contribution is 5.94. The van der Waals surface area contributed by atoms with Crippen molar-refractivity contribution in [2.45, 2.75) is 31.7 Å². The predicted molar refractivity (Wildman–Crippen MR) is 130 cm³/mol. The van der Waals surface area contributed by atoms with Gasteiger partial charge in [0.2, 0.25) is 5.88 Å². The van der Waals surface area contributed by atoms with Gasteiger partial charge in [-0.15, -0.1) is 0 Å². The first-order valence-electron chi connectivity index (χ1n) is 12.0. The van der Waals surface area contributed by atoms with Gasteiger partial charge in [-0.2, -0.15) is 4.98 Å². The van der Waals surface area contributed by atoms with Crippen molar-refractivity contribution in [3.8, 4) is 23.0 Å². The second kappa shape index (κ2) is 8.89. The summed E-state index contributed by atoms with van der Waals surface area (Å²) in [5.41, 5.74) is 0.555. The van der Waals surface area contributed by atoms with Gasteiger partial charge in [-0.25, -0.2) is 13.8 Å². The number of anilines is 1. The quantitative estimate of drug-likeness (QED) is 0.307. The third-order valence-electron chi connectivity index (χ3n) is 7.43. The summed E-state index contributed by atoms with van der Waals surface area (Å²) in [6.07, 6.45) is 5.31. The van der Waals surface area contributed by atoms with E-state index in [0.717, 1.165) is 31.7 Å². The van der Waals surface area contributed by atoms with E-state index in [9.17, 15) is 18.7 Å². The molecular weight excluding hydrogens is 466 g/mol. The lowest BCUT2D eigenvalue weighted by Gasteiger charge is -2.47. The number of aromatic nitrogens is 3. The Balaban J connectivity index is 1.43. The zero-order chi connectivity index (χ0) is 24.8. The van der Waals surface area contributed by atoms with Crippen LogP contribution in [0.3, 0.4) is 0 Å².